The number of hydrogen-bond acceptors (Lipinski definition) is 4. The first-order valence-corrected chi connectivity index (χ1v) is 7.35. The third kappa shape index (κ3) is 7.48. The van der Waals surface area contributed by atoms with Crippen LogP contribution in [0.2, 0.25) is 0 Å². The summed E-state index contributed by atoms with van der Waals surface area (Å²) in [7, 11) is -4.79. The fraction of sp³-hybridized carbons (Fsp3) is 0. The van der Waals surface area contributed by atoms with Crippen LogP contribution in [-0.2, 0) is 9.13 Å². The van der Waals surface area contributed by atoms with Crippen LogP contribution >= 0.6 is 16.1 Å². The Balaban J connectivity index is 0.000000324. The van der Waals surface area contributed by atoms with Gasteiger partial charge in [-0.15, -0.1) is 0 Å². The maximum absolute atomic E-state index is 10.2. The van der Waals surface area contributed by atoms with E-state index >= 15 is 0 Å². The van der Waals surface area contributed by atoms with Crippen LogP contribution < -0.4 is 20.4 Å². The number of rotatable bonds is 2. The molecule has 2 aromatic carbocycles. The molecular weight excluding hydrogens is 294 g/mol. The van der Waals surface area contributed by atoms with E-state index < -0.39 is 16.1 Å². The van der Waals surface area contributed by atoms with Gasteiger partial charge >= 0.3 is 39.1 Å². The molecule has 7 heteroatoms. The average Bonchev–Trinajstić information content (AvgIpc) is 2.41. The molecule has 0 aromatic heterocycles. The van der Waals surface area contributed by atoms with Gasteiger partial charge in [-0.2, -0.15) is 0 Å². The summed E-state index contributed by atoms with van der Waals surface area (Å²) in [4.78, 5) is 20.5. The van der Waals surface area contributed by atoms with Gasteiger partial charge in [-0.25, -0.2) is 0 Å². The van der Waals surface area contributed by atoms with E-state index in [9.17, 15) is 18.9 Å². The van der Waals surface area contributed by atoms with E-state index in [2.05, 4.69) is 0 Å². The van der Waals surface area contributed by atoms with Gasteiger partial charge in [0.05, 0.1) is 0 Å². The number of benzene rings is 2. The zero-order valence-electron chi connectivity index (χ0n) is 10.0. The van der Waals surface area contributed by atoms with E-state index in [1.54, 1.807) is 60.7 Å². The second kappa shape index (κ2) is 10.2. The molecule has 0 fully saturated rings. The maximum atomic E-state index is 10.2. The van der Waals surface area contributed by atoms with Crippen LogP contribution in [0, 0.1) is 0 Å². The Bertz CT molecular complexity index is 470. The summed E-state index contributed by atoms with van der Waals surface area (Å²) in [5.74, 6) is 0. The van der Waals surface area contributed by atoms with Crippen LogP contribution in [0.15, 0.2) is 60.7 Å². The van der Waals surface area contributed by atoms with Crippen LogP contribution in [0.3, 0.4) is 0 Å². The normalized spacial score (nSPS) is 10.4. The summed E-state index contributed by atoms with van der Waals surface area (Å²) in [6.07, 6.45) is 0. The molecule has 0 radical (unpaired) electrons. The molecule has 2 unspecified atom stereocenters. The van der Waals surface area contributed by atoms with Gasteiger partial charge in [-0.1, -0.05) is 45.5 Å². The van der Waals surface area contributed by atoms with Gasteiger partial charge in [0.25, 0.3) is 0 Å². The molecule has 0 N–H and O–H groups in total. The van der Waals surface area contributed by atoms with Crippen molar-refractivity contribution in [1.29, 1.82) is 0 Å². The minimum Gasteiger partial charge on any atom is -0.591 e. The molecule has 2 aromatic rings. The van der Waals surface area contributed by atoms with E-state index in [0.29, 0.717) is 10.6 Å². The van der Waals surface area contributed by atoms with Crippen molar-refractivity contribution in [2.45, 2.75) is 0 Å². The van der Waals surface area contributed by atoms with Gasteiger partial charge in [-0.05, 0) is 24.3 Å². The Hall–Kier alpha value is -0.674. The van der Waals surface area contributed by atoms with Gasteiger partial charge in [0.1, 0.15) is 0 Å². The average molecular weight is 304 g/mol. The summed E-state index contributed by atoms with van der Waals surface area (Å²) in [5, 5.41) is 0.736. The Morgan fingerprint density at radius 3 is 1.05 bits per heavy atom. The minimum absolute atomic E-state index is 0. The predicted molar refractivity (Wildman–Crippen MR) is 73.1 cm³/mol. The molecule has 19 heavy (non-hydrogen) atoms. The van der Waals surface area contributed by atoms with Crippen molar-refractivity contribution in [2.24, 2.45) is 0 Å². The zero-order chi connectivity index (χ0) is 13.4. The third-order valence-electron chi connectivity index (χ3n) is 1.93. The van der Waals surface area contributed by atoms with E-state index in [1.165, 1.54) is 0 Å². The molecule has 0 aliphatic rings. The Morgan fingerprint density at radius 2 is 0.895 bits per heavy atom. The summed E-state index contributed by atoms with van der Waals surface area (Å²) in [5.41, 5.74) is 0. The van der Waals surface area contributed by atoms with Gasteiger partial charge in [0.15, 0.2) is 10.6 Å². The molecule has 0 heterocycles. The molecule has 0 saturated carbocycles. The molecule has 2 atom stereocenters. The van der Waals surface area contributed by atoms with Crippen molar-refractivity contribution in [2.75, 3.05) is 0 Å². The Labute approximate surface area is 129 Å². The smallest absolute Gasteiger partial charge is 0.591 e. The minimum atomic E-state index is -2.40. The van der Waals surface area contributed by atoms with Crippen LogP contribution in [0.4, 0.5) is 0 Å². The molecule has 0 amide bonds. The van der Waals surface area contributed by atoms with Crippen LogP contribution in [-0.4, -0.2) is 23.1 Å². The second-order valence-corrected chi connectivity index (χ2v) is 5.25. The standard InChI is InChI=1S/2C6H5O2P.Mg/c2*7-9(8)6-4-2-1-3-5-6;/h2*1-5H;/q;;+2. The summed E-state index contributed by atoms with van der Waals surface area (Å²) in [6.45, 7) is 0. The molecule has 0 saturated heterocycles. The first-order valence-electron chi connectivity index (χ1n) is 5.00. The Kier molecular flexibility index (Phi) is 9.79. The van der Waals surface area contributed by atoms with Crippen molar-refractivity contribution in [3.05, 3.63) is 60.7 Å². The van der Waals surface area contributed by atoms with Gasteiger partial charge in [0, 0.05) is 0 Å². The zero-order valence-corrected chi connectivity index (χ0v) is 13.2. The third-order valence-corrected chi connectivity index (χ3v) is 3.37. The SMILES string of the molecule is O=[P+]([O-])c1ccccc1.O=[P+]([O-])c1ccccc1.[Mg+2]. The van der Waals surface area contributed by atoms with Gasteiger partial charge in [-0.3, -0.25) is 0 Å². The topological polar surface area (TPSA) is 80.3 Å². The molecular formula is C12H10MgO4P2+2. The molecule has 0 bridgehead atoms. The van der Waals surface area contributed by atoms with Crippen molar-refractivity contribution in [3.63, 3.8) is 0 Å². The largest absolute Gasteiger partial charge is 2.00 e. The van der Waals surface area contributed by atoms with Crippen molar-refractivity contribution in [1.82, 2.24) is 0 Å². The van der Waals surface area contributed by atoms with Crippen LogP contribution in [0.25, 0.3) is 0 Å². The van der Waals surface area contributed by atoms with E-state index in [-0.39, 0.29) is 23.1 Å². The second-order valence-electron chi connectivity index (χ2n) is 3.19. The molecule has 0 aliphatic carbocycles. The summed E-state index contributed by atoms with van der Waals surface area (Å²) < 4.78 is 20.5. The molecule has 4 nitrogen and oxygen atoms in total. The molecule has 92 valence electrons. The summed E-state index contributed by atoms with van der Waals surface area (Å²) in [6, 6.07) is 16.6. The molecule has 2 rings (SSSR count). The van der Waals surface area contributed by atoms with E-state index in [4.69, 9.17) is 0 Å². The monoisotopic (exact) mass is 304 g/mol. The molecule has 0 aliphatic heterocycles. The Morgan fingerprint density at radius 1 is 0.632 bits per heavy atom. The van der Waals surface area contributed by atoms with Crippen LogP contribution in [0.1, 0.15) is 0 Å². The van der Waals surface area contributed by atoms with E-state index in [0.717, 1.165) is 0 Å². The van der Waals surface area contributed by atoms with Crippen LogP contribution in [0.5, 0.6) is 0 Å². The maximum Gasteiger partial charge on any atom is 2.00 e. The van der Waals surface area contributed by atoms with Crippen molar-refractivity contribution >= 4 is 49.7 Å². The van der Waals surface area contributed by atoms with Gasteiger partial charge < -0.3 is 9.79 Å². The predicted octanol–water partition coefficient (Wildman–Crippen LogP) is 0.448. The molecule has 0 spiro atoms. The van der Waals surface area contributed by atoms with Crippen molar-refractivity contribution in [3.8, 4) is 0 Å². The summed E-state index contributed by atoms with van der Waals surface area (Å²) >= 11 is 0. The van der Waals surface area contributed by atoms with Gasteiger partial charge in [0.2, 0.25) is 0 Å². The quantitative estimate of drug-likeness (QED) is 0.596. The fourth-order valence-corrected chi connectivity index (χ4v) is 1.93. The first kappa shape index (κ1) is 18.3. The fourth-order valence-electron chi connectivity index (χ4n) is 1.10. The number of hydrogen-bond donors (Lipinski definition) is 0. The van der Waals surface area contributed by atoms with Crippen molar-refractivity contribution < 1.29 is 18.9 Å². The van der Waals surface area contributed by atoms with E-state index in [1.807, 2.05) is 0 Å². The first-order chi connectivity index (χ1) is 8.61.